The van der Waals surface area contributed by atoms with Crippen LogP contribution in [0, 0.1) is 11.8 Å². The van der Waals surface area contributed by atoms with Gasteiger partial charge in [0.15, 0.2) is 0 Å². The summed E-state index contributed by atoms with van der Waals surface area (Å²) in [6.45, 7) is 10.6. The third-order valence-corrected chi connectivity index (χ3v) is 1.31. The first-order valence-corrected chi connectivity index (χ1v) is 4.83. The summed E-state index contributed by atoms with van der Waals surface area (Å²) in [5.41, 5.74) is 0. The number of rotatable bonds is 4. The topological polar surface area (TPSA) is 63.6 Å². The molecule has 0 atom stereocenters. The van der Waals surface area contributed by atoms with E-state index in [0.29, 0.717) is 6.61 Å². The standard InChI is InChI=1S/C7H12O2.C4H8O2/c1-4-5-9-7(8)6(2)3;1-3(2)4(5)6/h4,6H,1,5H2,2-3H3;3H,1-2H3,(H,5,6). The zero-order valence-electron chi connectivity index (χ0n) is 9.82. The van der Waals surface area contributed by atoms with Gasteiger partial charge in [-0.15, -0.1) is 0 Å². The fourth-order valence-electron chi connectivity index (χ4n) is 0.308. The third kappa shape index (κ3) is 12.7. The summed E-state index contributed by atoms with van der Waals surface area (Å²) in [5, 5.41) is 7.99. The van der Waals surface area contributed by atoms with Crippen molar-refractivity contribution in [2.45, 2.75) is 27.7 Å². The molecule has 0 aromatic rings. The van der Waals surface area contributed by atoms with Crippen LogP contribution in [0.3, 0.4) is 0 Å². The largest absolute Gasteiger partial charge is 0.481 e. The van der Waals surface area contributed by atoms with Crippen LogP contribution in [0.4, 0.5) is 0 Å². The van der Waals surface area contributed by atoms with Gasteiger partial charge >= 0.3 is 11.9 Å². The highest BCUT2D eigenvalue weighted by Gasteiger charge is 2.05. The van der Waals surface area contributed by atoms with E-state index in [2.05, 4.69) is 6.58 Å². The summed E-state index contributed by atoms with van der Waals surface area (Å²) >= 11 is 0. The Morgan fingerprint density at radius 1 is 1.27 bits per heavy atom. The molecule has 0 saturated carbocycles. The molecule has 4 heteroatoms. The van der Waals surface area contributed by atoms with Crippen LogP contribution in [0.1, 0.15) is 27.7 Å². The van der Waals surface area contributed by atoms with Crippen LogP contribution >= 0.6 is 0 Å². The zero-order chi connectivity index (χ0) is 12.4. The Morgan fingerprint density at radius 3 is 1.87 bits per heavy atom. The first-order chi connectivity index (χ1) is 6.82. The van der Waals surface area contributed by atoms with Gasteiger partial charge in [0.25, 0.3) is 0 Å². The molecule has 0 rings (SSSR count). The minimum atomic E-state index is -0.741. The van der Waals surface area contributed by atoms with Gasteiger partial charge in [-0.05, 0) is 0 Å². The predicted octanol–water partition coefficient (Wildman–Crippen LogP) is 2.10. The lowest BCUT2D eigenvalue weighted by atomic mass is 10.2. The second-order valence-electron chi connectivity index (χ2n) is 3.57. The molecule has 0 bridgehead atoms. The molecular formula is C11H20O4. The molecule has 88 valence electrons. The average Bonchev–Trinajstić information content (AvgIpc) is 2.14. The first kappa shape index (κ1) is 16.1. The molecule has 0 fully saturated rings. The first-order valence-electron chi connectivity index (χ1n) is 4.83. The molecule has 0 unspecified atom stereocenters. The monoisotopic (exact) mass is 216 g/mol. The van der Waals surface area contributed by atoms with Gasteiger partial charge in [0.2, 0.25) is 0 Å². The van der Waals surface area contributed by atoms with Gasteiger partial charge < -0.3 is 9.84 Å². The van der Waals surface area contributed by atoms with Crippen LogP contribution < -0.4 is 0 Å². The van der Waals surface area contributed by atoms with Crippen molar-refractivity contribution < 1.29 is 19.4 Å². The number of carbonyl (C=O) groups is 2. The van der Waals surface area contributed by atoms with E-state index in [4.69, 9.17) is 9.84 Å². The molecule has 15 heavy (non-hydrogen) atoms. The van der Waals surface area contributed by atoms with Gasteiger partial charge in [0, 0.05) is 0 Å². The highest BCUT2D eigenvalue weighted by atomic mass is 16.5. The quantitative estimate of drug-likeness (QED) is 0.577. The molecule has 0 aliphatic rings. The summed E-state index contributed by atoms with van der Waals surface area (Å²) in [6.07, 6.45) is 1.56. The molecule has 0 saturated heterocycles. The lowest BCUT2D eigenvalue weighted by Gasteiger charge is -2.02. The molecular weight excluding hydrogens is 196 g/mol. The zero-order valence-corrected chi connectivity index (χ0v) is 9.82. The highest BCUT2D eigenvalue weighted by molar-refractivity contribution is 5.71. The molecule has 0 aliphatic carbocycles. The molecule has 0 heterocycles. The summed E-state index contributed by atoms with van der Waals surface area (Å²) < 4.78 is 4.70. The molecule has 0 spiro atoms. The van der Waals surface area contributed by atoms with E-state index in [1.807, 2.05) is 0 Å². The Kier molecular flexibility index (Phi) is 9.94. The molecule has 0 aliphatic heterocycles. The number of carboxylic acid groups (broad SMARTS) is 1. The van der Waals surface area contributed by atoms with Crippen molar-refractivity contribution in [3.05, 3.63) is 12.7 Å². The Labute approximate surface area is 90.9 Å². The minimum absolute atomic E-state index is 0.0371. The van der Waals surface area contributed by atoms with Gasteiger partial charge in [0.05, 0.1) is 11.8 Å². The van der Waals surface area contributed by atoms with E-state index in [1.165, 1.54) is 0 Å². The number of carbonyl (C=O) groups excluding carboxylic acids is 1. The number of carboxylic acids is 1. The summed E-state index contributed by atoms with van der Waals surface area (Å²) in [5.74, 6) is -1.18. The molecule has 0 aromatic carbocycles. The maximum Gasteiger partial charge on any atom is 0.308 e. The Morgan fingerprint density at radius 2 is 1.67 bits per heavy atom. The Bertz CT molecular complexity index is 207. The number of ether oxygens (including phenoxy) is 1. The van der Waals surface area contributed by atoms with Crippen LogP contribution in [-0.4, -0.2) is 23.7 Å². The normalized spacial score (nSPS) is 9.20. The van der Waals surface area contributed by atoms with Crippen molar-refractivity contribution in [3.8, 4) is 0 Å². The fraction of sp³-hybridized carbons (Fsp3) is 0.636. The molecule has 1 N–H and O–H groups in total. The number of aliphatic carboxylic acids is 1. The minimum Gasteiger partial charge on any atom is -0.481 e. The third-order valence-electron chi connectivity index (χ3n) is 1.31. The van der Waals surface area contributed by atoms with Crippen molar-refractivity contribution in [1.82, 2.24) is 0 Å². The van der Waals surface area contributed by atoms with Gasteiger partial charge in [-0.25, -0.2) is 0 Å². The van der Waals surface area contributed by atoms with E-state index >= 15 is 0 Å². The van der Waals surface area contributed by atoms with Crippen LogP contribution in [0.15, 0.2) is 12.7 Å². The Balaban J connectivity index is 0. The summed E-state index contributed by atoms with van der Waals surface area (Å²) in [7, 11) is 0. The van der Waals surface area contributed by atoms with E-state index < -0.39 is 5.97 Å². The smallest absolute Gasteiger partial charge is 0.308 e. The van der Waals surface area contributed by atoms with Gasteiger partial charge in [-0.3, -0.25) is 9.59 Å². The van der Waals surface area contributed by atoms with Gasteiger partial charge in [-0.1, -0.05) is 40.3 Å². The van der Waals surface area contributed by atoms with Crippen LogP contribution in [0.2, 0.25) is 0 Å². The maximum atomic E-state index is 10.6. The Hall–Kier alpha value is -1.32. The second kappa shape index (κ2) is 9.24. The molecule has 0 aromatic heterocycles. The molecule has 0 radical (unpaired) electrons. The summed E-state index contributed by atoms with van der Waals surface area (Å²) in [4.78, 5) is 20.3. The highest BCUT2D eigenvalue weighted by Crippen LogP contribution is 1.94. The fourth-order valence-corrected chi connectivity index (χ4v) is 0.308. The van der Waals surface area contributed by atoms with Crippen molar-refractivity contribution in [2.24, 2.45) is 11.8 Å². The van der Waals surface area contributed by atoms with E-state index in [0.717, 1.165) is 0 Å². The van der Waals surface area contributed by atoms with Gasteiger partial charge in [0.1, 0.15) is 6.61 Å². The number of hydrogen-bond donors (Lipinski definition) is 1. The SMILES string of the molecule is C=CCOC(=O)C(C)C.CC(C)C(=O)O. The van der Waals surface area contributed by atoms with Crippen molar-refractivity contribution in [1.29, 1.82) is 0 Å². The van der Waals surface area contributed by atoms with Crippen molar-refractivity contribution in [3.63, 3.8) is 0 Å². The van der Waals surface area contributed by atoms with Gasteiger partial charge in [-0.2, -0.15) is 0 Å². The molecule has 4 nitrogen and oxygen atoms in total. The van der Waals surface area contributed by atoms with E-state index in [9.17, 15) is 9.59 Å². The van der Waals surface area contributed by atoms with E-state index in [-0.39, 0.29) is 17.8 Å². The number of esters is 1. The maximum absolute atomic E-state index is 10.6. The van der Waals surface area contributed by atoms with Crippen molar-refractivity contribution in [2.75, 3.05) is 6.61 Å². The van der Waals surface area contributed by atoms with E-state index in [1.54, 1.807) is 33.8 Å². The predicted molar refractivity (Wildman–Crippen MR) is 58.5 cm³/mol. The van der Waals surface area contributed by atoms with Crippen LogP contribution in [0.25, 0.3) is 0 Å². The average molecular weight is 216 g/mol. The van der Waals surface area contributed by atoms with Crippen molar-refractivity contribution >= 4 is 11.9 Å². The van der Waals surface area contributed by atoms with Crippen LogP contribution in [-0.2, 0) is 14.3 Å². The summed E-state index contributed by atoms with van der Waals surface area (Å²) in [6, 6.07) is 0. The number of hydrogen-bond acceptors (Lipinski definition) is 3. The molecule has 0 amide bonds. The lowest BCUT2D eigenvalue weighted by Crippen LogP contribution is -2.11. The lowest BCUT2D eigenvalue weighted by molar-refractivity contribution is -0.146. The van der Waals surface area contributed by atoms with Crippen LogP contribution in [0.5, 0.6) is 0 Å². The second-order valence-corrected chi connectivity index (χ2v) is 3.57.